The molecule has 1 aliphatic rings. The number of ketones is 1. The summed E-state index contributed by atoms with van der Waals surface area (Å²) in [7, 11) is 0. The first-order valence-corrected chi connectivity index (χ1v) is 3.51. The highest BCUT2D eigenvalue weighted by atomic mass is 16.3. The van der Waals surface area contributed by atoms with Crippen LogP contribution in [0.25, 0.3) is 0 Å². The van der Waals surface area contributed by atoms with Crippen molar-refractivity contribution < 1.29 is 15.0 Å². The molecule has 62 valence electrons. The molecule has 3 heteroatoms. The van der Waals surface area contributed by atoms with Crippen molar-refractivity contribution in [2.45, 2.75) is 26.9 Å². The predicted octanol–water partition coefficient (Wildman–Crippen LogP) is 0.788. The van der Waals surface area contributed by atoms with Crippen LogP contribution in [0.4, 0.5) is 0 Å². The first-order valence-electron chi connectivity index (χ1n) is 3.51. The Bertz CT molecular complexity index is 238. The van der Waals surface area contributed by atoms with Crippen molar-refractivity contribution in [3.63, 3.8) is 0 Å². The summed E-state index contributed by atoms with van der Waals surface area (Å²) in [5.74, 6) is -0.359. The Balaban J connectivity index is 3.13. The van der Waals surface area contributed by atoms with Gasteiger partial charge in [0.1, 0.15) is 11.9 Å². The molecule has 0 aromatic carbocycles. The summed E-state index contributed by atoms with van der Waals surface area (Å²) in [5.41, 5.74) is -0.573. The van der Waals surface area contributed by atoms with Gasteiger partial charge in [0, 0.05) is 5.57 Å². The second-order valence-corrected chi connectivity index (χ2v) is 3.46. The molecule has 0 aromatic heterocycles. The first-order chi connectivity index (χ1) is 4.89. The van der Waals surface area contributed by atoms with Crippen molar-refractivity contribution in [1.82, 2.24) is 0 Å². The van der Waals surface area contributed by atoms with Crippen LogP contribution in [0, 0.1) is 5.41 Å². The molecule has 11 heavy (non-hydrogen) atoms. The summed E-state index contributed by atoms with van der Waals surface area (Å²) in [5, 5.41) is 18.5. The molecular formula is C8H12O3. The van der Waals surface area contributed by atoms with Crippen LogP contribution in [0.1, 0.15) is 20.8 Å². The van der Waals surface area contributed by atoms with Gasteiger partial charge in [-0.3, -0.25) is 4.79 Å². The maximum atomic E-state index is 11.3. The lowest BCUT2D eigenvalue weighted by molar-refractivity contribution is -0.125. The molecular weight excluding hydrogens is 144 g/mol. The van der Waals surface area contributed by atoms with Crippen LogP contribution in [0.3, 0.4) is 0 Å². The van der Waals surface area contributed by atoms with E-state index in [2.05, 4.69) is 0 Å². The molecule has 1 atom stereocenters. The molecule has 0 amide bonds. The number of hydrogen-bond donors (Lipinski definition) is 2. The van der Waals surface area contributed by atoms with Crippen molar-refractivity contribution >= 4 is 5.78 Å². The number of aliphatic hydroxyl groups is 2. The monoisotopic (exact) mass is 156 g/mol. The van der Waals surface area contributed by atoms with Crippen LogP contribution < -0.4 is 0 Å². The van der Waals surface area contributed by atoms with Gasteiger partial charge < -0.3 is 10.2 Å². The maximum absolute atomic E-state index is 11.3. The first kappa shape index (κ1) is 8.27. The summed E-state index contributed by atoms with van der Waals surface area (Å²) in [6, 6.07) is 0. The molecule has 0 heterocycles. The fraction of sp³-hybridized carbons (Fsp3) is 0.625. The number of Topliss-reactive ketones (excluding diaryl/α,β-unsaturated/α-hetero) is 1. The third-order valence-electron chi connectivity index (χ3n) is 2.25. The van der Waals surface area contributed by atoms with Crippen molar-refractivity contribution in [1.29, 1.82) is 0 Å². The standard InChI is InChI=1S/C8H12O3/c1-4-5(9)7(11)8(2,3)6(4)10/h7,9,11H,1-3H3. The van der Waals surface area contributed by atoms with E-state index in [0.717, 1.165) is 0 Å². The van der Waals surface area contributed by atoms with E-state index in [4.69, 9.17) is 0 Å². The maximum Gasteiger partial charge on any atom is 0.170 e. The van der Waals surface area contributed by atoms with Gasteiger partial charge in [-0.1, -0.05) is 0 Å². The SMILES string of the molecule is CC1=C(O)C(O)C(C)(C)C1=O. The minimum atomic E-state index is -1.03. The molecule has 0 aromatic rings. The highest BCUT2D eigenvalue weighted by Crippen LogP contribution is 2.36. The number of rotatable bonds is 0. The molecule has 2 N–H and O–H groups in total. The Morgan fingerprint density at radius 3 is 2.00 bits per heavy atom. The zero-order chi connectivity index (χ0) is 8.81. The Hall–Kier alpha value is -0.830. The van der Waals surface area contributed by atoms with Crippen molar-refractivity contribution in [2.24, 2.45) is 5.41 Å². The molecule has 0 spiro atoms. The number of carbonyl (C=O) groups excluding carboxylic acids is 1. The van der Waals surface area contributed by atoms with Crippen LogP contribution in [0.2, 0.25) is 0 Å². The lowest BCUT2D eigenvalue weighted by atomic mass is 9.86. The Kier molecular flexibility index (Phi) is 1.56. The third kappa shape index (κ3) is 0.878. The van der Waals surface area contributed by atoms with Crippen LogP contribution in [-0.2, 0) is 4.79 Å². The highest BCUT2D eigenvalue weighted by molar-refractivity contribution is 6.02. The van der Waals surface area contributed by atoms with Crippen LogP contribution in [0.5, 0.6) is 0 Å². The number of carbonyl (C=O) groups is 1. The molecule has 0 fully saturated rings. The second kappa shape index (κ2) is 2.08. The molecule has 0 bridgehead atoms. The van der Waals surface area contributed by atoms with Gasteiger partial charge in [-0.2, -0.15) is 0 Å². The van der Waals surface area contributed by atoms with Crippen LogP contribution in [-0.4, -0.2) is 22.1 Å². The molecule has 1 aliphatic carbocycles. The minimum absolute atomic E-state index is 0.178. The van der Waals surface area contributed by atoms with E-state index in [-0.39, 0.29) is 17.1 Å². The van der Waals surface area contributed by atoms with Gasteiger partial charge in [-0.25, -0.2) is 0 Å². The van der Waals surface area contributed by atoms with Crippen molar-refractivity contribution in [2.75, 3.05) is 0 Å². The van der Waals surface area contributed by atoms with E-state index < -0.39 is 11.5 Å². The third-order valence-corrected chi connectivity index (χ3v) is 2.25. The largest absolute Gasteiger partial charge is 0.509 e. The van der Waals surface area contributed by atoms with E-state index >= 15 is 0 Å². The van der Waals surface area contributed by atoms with Gasteiger partial charge in [-0.05, 0) is 20.8 Å². The number of allylic oxidation sites excluding steroid dienone is 1. The normalized spacial score (nSPS) is 29.8. The summed E-state index contributed by atoms with van der Waals surface area (Å²) < 4.78 is 0. The predicted molar refractivity (Wildman–Crippen MR) is 40.1 cm³/mol. The van der Waals surface area contributed by atoms with Crippen molar-refractivity contribution in [3.05, 3.63) is 11.3 Å². The topological polar surface area (TPSA) is 57.5 Å². The van der Waals surface area contributed by atoms with Crippen LogP contribution in [0.15, 0.2) is 11.3 Å². The quantitative estimate of drug-likeness (QED) is 0.545. The summed E-state index contributed by atoms with van der Waals surface area (Å²) in [6.45, 7) is 4.76. The molecule has 0 saturated heterocycles. The zero-order valence-electron chi connectivity index (χ0n) is 6.88. The van der Waals surface area contributed by atoms with Gasteiger partial charge in [0.25, 0.3) is 0 Å². The van der Waals surface area contributed by atoms with E-state index in [1.807, 2.05) is 0 Å². The van der Waals surface area contributed by atoms with E-state index in [1.54, 1.807) is 13.8 Å². The van der Waals surface area contributed by atoms with E-state index in [9.17, 15) is 15.0 Å². The molecule has 0 radical (unpaired) electrons. The lowest BCUT2D eigenvalue weighted by Gasteiger charge is -2.20. The minimum Gasteiger partial charge on any atom is -0.509 e. The van der Waals surface area contributed by atoms with Crippen molar-refractivity contribution in [3.8, 4) is 0 Å². The molecule has 0 aliphatic heterocycles. The fourth-order valence-corrected chi connectivity index (χ4v) is 1.27. The van der Waals surface area contributed by atoms with Crippen LogP contribution >= 0.6 is 0 Å². The molecule has 3 nitrogen and oxygen atoms in total. The molecule has 1 rings (SSSR count). The summed E-state index contributed by atoms with van der Waals surface area (Å²) in [6.07, 6.45) is -1.03. The lowest BCUT2D eigenvalue weighted by Crippen LogP contribution is -2.31. The number of aliphatic hydroxyl groups excluding tert-OH is 2. The summed E-state index contributed by atoms with van der Waals surface area (Å²) >= 11 is 0. The average molecular weight is 156 g/mol. The molecule has 1 unspecified atom stereocenters. The number of hydrogen-bond acceptors (Lipinski definition) is 3. The second-order valence-electron chi connectivity index (χ2n) is 3.46. The average Bonchev–Trinajstić information content (AvgIpc) is 2.06. The highest BCUT2D eigenvalue weighted by Gasteiger charge is 2.46. The van der Waals surface area contributed by atoms with Gasteiger partial charge in [-0.15, -0.1) is 0 Å². The fourth-order valence-electron chi connectivity index (χ4n) is 1.27. The zero-order valence-corrected chi connectivity index (χ0v) is 6.88. The smallest absolute Gasteiger partial charge is 0.170 e. The van der Waals surface area contributed by atoms with Gasteiger partial charge in [0.2, 0.25) is 0 Å². The Morgan fingerprint density at radius 1 is 1.45 bits per heavy atom. The molecule has 0 saturated carbocycles. The van der Waals surface area contributed by atoms with Gasteiger partial charge in [0.05, 0.1) is 5.41 Å². The van der Waals surface area contributed by atoms with E-state index in [1.165, 1.54) is 6.92 Å². The van der Waals surface area contributed by atoms with Gasteiger partial charge >= 0.3 is 0 Å². The summed E-state index contributed by atoms with van der Waals surface area (Å²) in [4.78, 5) is 11.3. The Labute approximate surface area is 65.3 Å². The van der Waals surface area contributed by atoms with Gasteiger partial charge in [0.15, 0.2) is 5.78 Å². The van der Waals surface area contributed by atoms with E-state index in [0.29, 0.717) is 0 Å². The Morgan fingerprint density at radius 2 is 1.91 bits per heavy atom.